The van der Waals surface area contributed by atoms with Crippen molar-refractivity contribution in [1.82, 2.24) is 0 Å². The van der Waals surface area contributed by atoms with Crippen LogP contribution in [0.3, 0.4) is 0 Å². The van der Waals surface area contributed by atoms with Crippen LogP contribution in [-0.4, -0.2) is 27.8 Å². The molecule has 1 rings (SSSR count). The summed E-state index contributed by atoms with van der Waals surface area (Å²) >= 11 is 11.2. The molecule has 2 unspecified atom stereocenters. The molecule has 9 heavy (non-hydrogen) atoms. The number of aliphatic hydroxyl groups is 2. The van der Waals surface area contributed by atoms with Crippen molar-refractivity contribution < 1.29 is 10.2 Å². The molecular formula is C5H8Cl2O2. The lowest BCUT2D eigenvalue weighted by atomic mass is 10.3. The molecule has 0 aromatic rings. The predicted octanol–water partition coefficient (Wildman–Crippen LogP) is 0.391. The maximum Gasteiger partial charge on any atom is 0.129 e. The van der Waals surface area contributed by atoms with Crippen LogP contribution in [0.5, 0.6) is 0 Å². The summed E-state index contributed by atoms with van der Waals surface area (Å²) in [5.41, 5.74) is 0. The van der Waals surface area contributed by atoms with Crippen LogP contribution in [0.15, 0.2) is 0 Å². The summed E-state index contributed by atoms with van der Waals surface area (Å²) in [7, 11) is 0. The van der Waals surface area contributed by atoms with E-state index in [2.05, 4.69) is 0 Å². The second-order valence-electron chi connectivity index (χ2n) is 2.25. The summed E-state index contributed by atoms with van der Waals surface area (Å²) in [6.45, 7) is -0.0869. The van der Waals surface area contributed by atoms with Gasteiger partial charge in [0, 0.05) is 25.0 Å². The Bertz CT molecular complexity index is 104. The minimum absolute atomic E-state index is 0.0434. The quantitative estimate of drug-likeness (QED) is 0.590. The number of rotatable bonds is 2. The standard InChI is InChI=1S/C5H8Cl2O2/c6-5(7)3(1-8)4(5)2-9/h3-4,8-9H,1-2H2. The first kappa shape index (κ1) is 7.61. The maximum absolute atomic E-state index is 8.56. The van der Waals surface area contributed by atoms with E-state index in [0.29, 0.717) is 0 Å². The number of aliphatic hydroxyl groups excluding tert-OH is 2. The second-order valence-corrected chi connectivity index (χ2v) is 3.70. The first-order chi connectivity index (χ1) is 4.14. The fourth-order valence-corrected chi connectivity index (χ4v) is 1.72. The molecule has 1 saturated carbocycles. The Morgan fingerprint density at radius 1 is 1.11 bits per heavy atom. The average Bonchev–Trinajstić information content (AvgIpc) is 2.32. The van der Waals surface area contributed by atoms with Crippen molar-refractivity contribution in [3.63, 3.8) is 0 Å². The van der Waals surface area contributed by atoms with Gasteiger partial charge in [-0.15, -0.1) is 23.2 Å². The Morgan fingerprint density at radius 3 is 1.56 bits per heavy atom. The zero-order chi connectivity index (χ0) is 7.07. The van der Waals surface area contributed by atoms with Gasteiger partial charge in [-0.05, 0) is 0 Å². The van der Waals surface area contributed by atoms with Crippen molar-refractivity contribution in [2.24, 2.45) is 11.8 Å². The van der Waals surface area contributed by atoms with Crippen LogP contribution in [0.25, 0.3) is 0 Å². The molecule has 0 aromatic carbocycles. The zero-order valence-electron chi connectivity index (χ0n) is 4.72. The third-order valence-corrected chi connectivity index (χ3v) is 2.88. The highest BCUT2D eigenvalue weighted by atomic mass is 35.5. The number of halogens is 2. The molecule has 2 N–H and O–H groups in total. The van der Waals surface area contributed by atoms with Crippen molar-refractivity contribution in [1.29, 1.82) is 0 Å². The molecule has 54 valence electrons. The van der Waals surface area contributed by atoms with Crippen molar-refractivity contribution in [2.45, 2.75) is 4.33 Å². The van der Waals surface area contributed by atoms with Gasteiger partial charge >= 0.3 is 0 Å². The van der Waals surface area contributed by atoms with Crippen LogP contribution < -0.4 is 0 Å². The van der Waals surface area contributed by atoms with Crippen LogP contribution in [-0.2, 0) is 0 Å². The maximum atomic E-state index is 8.56. The SMILES string of the molecule is OCC1C(CO)C1(Cl)Cl. The third kappa shape index (κ3) is 1.05. The van der Waals surface area contributed by atoms with Crippen molar-refractivity contribution in [3.8, 4) is 0 Å². The number of hydrogen-bond acceptors (Lipinski definition) is 2. The molecule has 0 amide bonds. The first-order valence-corrected chi connectivity index (χ1v) is 3.49. The Hall–Kier alpha value is 0.500. The molecule has 4 heteroatoms. The van der Waals surface area contributed by atoms with Gasteiger partial charge in [-0.3, -0.25) is 0 Å². The molecular weight excluding hydrogens is 163 g/mol. The van der Waals surface area contributed by atoms with Gasteiger partial charge in [0.2, 0.25) is 0 Å². The fourth-order valence-electron chi connectivity index (χ4n) is 0.958. The molecule has 0 radical (unpaired) electrons. The summed E-state index contributed by atoms with van der Waals surface area (Å²) in [6.07, 6.45) is 0. The smallest absolute Gasteiger partial charge is 0.129 e. The second kappa shape index (κ2) is 2.27. The Balaban J connectivity index is 2.45. The van der Waals surface area contributed by atoms with Gasteiger partial charge in [0.1, 0.15) is 4.33 Å². The minimum atomic E-state index is -0.872. The molecule has 0 bridgehead atoms. The van der Waals surface area contributed by atoms with E-state index in [0.717, 1.165) is 0 Å². The number of hydrogen-bond donors (Lipinski definition) is 2. The van der Waals surface area contributed by atoms with E-state index >= 15 is 0 Å². The van der Waals surface area contributed by atoms with Crippen LogP contribution in [0.1, 0.15) is 0 Å². The third-order valence-electron chi connectivity index (χ3n) is 1.76. The van der Waals surface area contributed by atoms with E-state index in [1.807, 2.05) is 0 Å². The normalized spacial score (nSPS) is 38.7. The summed E-state index contributed by atoms with van der Waals surface area (Å²) in [6, 6.07) is 0. The molecule has 0 saturated heterocycles. The highest BCUT2D eigenvalue weighted by molar-refractivity contribution is 6.51. The van der Waals surface area contributed by atoms with Gasteiger partial charge in [0.25, 0.3) is 0 Å². The highest BCUT2D eigenvalue weighted by Gasteiger charge is 2.62. The summed E-state index contributed by atoms with van der Waals surface area (Å²) in [5, 5.41) is 17.1. The average molecular weight is 171 g/mol. The topological polar surface area (TPSA) is 40.5 Å². The van der Waals surface area contributed by atoms with Gasteiger partial charge in [0.05, 0.1) is 0 Å². The summed E-state index contributed by atoms with van der Waals surface area (Å²) in [4.78, 5) is 0. The van der Waals surface area contributed by atoms with E-state index in [-0.39, 0.29) is 25.0 Å². The summed E-state index contributed by atoms with van der Waals surface area (Å²) in [5.74, 6) is -0.267. The molecule has 0 heterocycles. The lowest BCUT2D eigenvalue weighted by Gasteiger charge is -1.91. The van der Waals surface area contributed by atoms with E-state index in [1.54, 1.807) is 0 Å². The monoisotopic (exact) mass is 170 g/mol. The first-order valence-electron chi connectivity index (χ1n) is 2.74. The molecule has 0 spiro atoms. The fraction of sp³-hybridized carbons (Fsp3) is 1.00. The largest absolute Gasteiger partial charge is 0.396 e. The van der Waals surface area contributed by atoms with Crippen LogP contribution in [0, 0.1) is 11.8 Å². The molecule has 0 aliphatic heterocycles. The highest BCUT2D eigenvalue weighted by Crippen LogP contribution is 2.58. The van der Waals surface area contributed by atoms with Gasteiger partial charge in [-0.1, -0.05) is 0 Å². The van der Waals surface area contributed by atoms with Crippen molar-refractivity contribution in [2.75, 3.05) is 13.2 Å². The van der Waals surface area contributed by atoms with E-state index in [4.69, 9.17) is 33.4 Å². The van der Waals surface area contributed by atoms with E-state index in [1.165, 1.54) is 0 Å². The molecule has 1 fully saturated rings. The Labute approximate surface area is 63.4 Å². The zero-order valence-corrected chi connectivity index (χ0v) is 6.23. The minimum Gasteiger partial charge on any atom is -0.396 e. The van der Waals surface area contributed by atoms with E-state index in [9.17, 15) is 0 Å². The van der Waals surface area contributed by atoms with Crippen LogP contribution in [0.4, 0.5) is 0 Å². The molecule has 2 nitrogen and oxygen atoms in total. The van der Waals surface area contributed by atoms with Gasteiger partial charge in [-0.2, -0.15) is 0 Å². The molecule has 1 aliphatic carbocycles. The lowest BCUT2D eigenvalue weighted by molar-refractivity contribution is 0.232. The molecule has 1 aliphatic rings. The van der Waals surface area contributed by atoms with E-state index < -0.39 is 4.33 Å². The predicted molar refractivity (Wildman–Crippen MR) is 35.6 cm³/mol. The van der Waals surface area contributed by atoms with Gasteiger partial charge in [0.15, 0.2) is 0 Å². The van der Waals surface area contributed by atoms with Crippen molar-refractivity contribution >= 4 is 23.2 Å². The Morgan fingerprint density at radius 2 is 1.44 bits per heavy atom. The van der Waals surface area contributed by atoms with Crippen LogP contribution in [0.2, 0.25) is 0 Å². The molecule has 0 aromatic heterocycles. The van der Waals surface area contributed by atoms with Gasteiger partial charge in [-0.25, -0.2) is 0 Å². The van der Waals surface area contributed by atoms with Crippen molar-refractivity contribution in [3.05, 3.63) is 0 Å². The summed E-state index contributed by atoms with van der Waals surface area (Å²) < 4.78 is -0.872. The van der Waals surface area contributed by atoms with Gasteiger partial charge < -0.3 is 10.2 Å². The number of alkyl halides is 2. The van der Waals surface area contributed by atoms with Crippen LogP contribution >= 0.6 is 23.2 Å². The molecule has 2 atom stereocenters. The lowest BCUT2D eigenvalue weighted by Crippen LogP contribution is -1.94. The Kier molecular flexibility index (Phi) is 1.92.